The summed E-state index contributed by atoms with van der Waals surface area (Å²) in [6, 6.07) is 0. The van der Waals surface area contributed by atoms with Gasteiger partial charge in [0.15, 0.2) is 5.03 Å². The van der Waals surface area contributed by atoms with Gasteiger partial charge in [-0.15, -0.1) is 0 Å². The van der Waals surface area contributed by atoms with Crippen molar-refractivity contribution in [1.82, 2.24) is 10.9 Å². The number of hydrazone groups is 1. The highest BCUT2D eigenvalue weighted by atomic mass is 16.7. The van der Waals surface area contributed by atoms with E-state index in [0.717, 1.165) is 6.42 Å². The smallest absolute Gasteiger partial charge is 0.263 e. The molecule has 0 heterocycles. The molecule has 7 heteroatoms. The van der Waals surface area contributed by atoms with Crippen LogP contribution in [-0.2, 0) is 0 Å². The molecule has 7 nitrogen and oxygen atoms in total. The van der Waals surface area contributed by atoms with Gasteiger partial charge in [0.25, 0.3) is 5.96 Å². The van der Waals surface area contributed by atoms with E-state index < -0.39 is 11.0 Å². The topological polar surface area (TPSA) is 103 Å². The Morgan fingerprint density at radius 1 is 1.77 bits per heavy atom. The van der Waals surface area contributed by atoms with Crippen molar-refractivity contribution in [1.29, 1.82) is 5.41 Å². The van der Waals surface area contributed by atoms with Crippen LogP contribution in [0.3, 0.4) is 0 Å². The highest BCUT2D eigenvalue weighted by Crippen LogP contribution is 1.93. The molecule has 3 N–H and O–H groups in total. The molecule has 0 aromatic carbocycles. The van der Waals surface area contributed by atoms with Gasteiger partial charge in [-0.3, -0.25) is 5.41 Å². The number of guanidine groups is 1. The normalized spacial score (nSPS) is 10.4. The summed E-state index contributed by atoms with van der Waals surface area (Å²) in [5.41, 5.74) is 3.78. The highest BCUT2D eigenvalue weighted by molar-refractivity contribution is 5.75. The van der Waals surface area contributed by atoms with E-state index >= 15 is 0 Å². The Bertz CT molecular complexity index is 213. The van der Waals surface area contributed by atoms with E-state index in [1.54, 1.807) is 11.6 Å². The lowest BCUT2D eigenvalue weighted by atomic mass is 10.2. The fourth-order valence-corrected chi connectivity index (χ4v) is 0.490. The van der Waals surface area contributed by atoms with Gasteiger partial charge in [0.1, 0.15) is 0 Å². The first-order valence-corrected chi connectivity index (χ1v) is 3.79. The standard InChI is InChI=1S/C6H13N5O2/c1-5(2)3-4-8-9-6(7)10-11(12)13/h4-5H,3H2,1-2H3,(H3,7,9,10). The van der Waals surface area contributed by atoms with Crippen LogP contribution in [0.4, 0.5) is 0 Å². The van der Waals surface area contributed by atoms with Gasteiger partial charge in [0.2, 0.25) is 0 Å². The Hall–Kier alpha value is -1.66. The Morgan fingerprint density at radius 2 is 2.38 bits per heavy atom. The molecule has 0 aromatic heterocycles. The van der Waals surface area contributed by atoms with Gasteiger partial charge in [-0.05, 0) is 12.3 Å². The molecule has 0 aromatic rings. The number of hydrazine groups is 1. The van der Waals surface area contributed by atoms with Crippen molar-refractivity contribution in [2.75, 3.05) is 0 Å². The molecule has 0 aliphatic heterocycles. The number of nitro groups is 1. The average Bonchev–Trinajstić information content (AvgIpc) is 1.96. The van der Waals surface area contributed by atoms with Crippen LogP contribution >= 0.6 is 0 Å². The number of nitrogens with one attached hydrogen (secondary N) is 3. The SMILES string of the molecule is CC(C)CC=NNC(=N)N[N+](=O)[O-]. The number of rotatable bonds is 4. The quantitative estimate of drug-likeness (QED) is 0.255. The van der Waals surface area contributed by atoms with Crippen molar-refractivity contribution in [2.24, 2.45) is 11.0 Å². The molecule has 0 aliphatic rings. The van der Waals surface area contributed by atoms with Gasteiger partial charge in [0.05, 0.1) is 0 Å². The fourth-order valence-electron chi connectivity index (χ4n) is 0.490. The second-order valence-corrected chi connectivity index (χ2v) is 2.80. The minimum Gasteiger partial charge on any atom is -0.263 e. The van der Waals surface area contributed by atoms with Gasteiger partial charge in [-0.1, -0.05) is 19.3 Å². The third-order valence-corrected chi connectivity index (χ3v) is 1.05. The molecule has 13 heavy (non-hydrogen) atoms. The van der Waals surface area contributed by atoms with E-state index in [1.165, 1.54) is 0 Å². The second-order valence-electron chi connectivity index (χ2n) is 2.80. The van der Waals surface area contributed by atoms with Gasteiger partial charge in [-0.25, -0.2) is 15.5 Å². The maximum atomic E-state index is 9.81. The zero-order valence-electron chi connectivity index (χ0n) is 7.57. The van der Waals surface area contributed by atoms with E-state index in [4.69, 9.17) is 5.41 Å². The van der Waals surface area contributed by atoms with E-state index in [1.807, 2.05) is 13.8 Å². The molecular formula is C6H13N5O2. The van der Waals surface area contributed by atoms with Crippen molar-refractivity contribution >= 4 is 12.2 Å². The lowest BCUT2D eigenvalue weighted by molar-refractivity contribution is -0.525. The predicted octanol–water partition coefficient (Wildman–Crippen LogP) is 0.324. The minimum absolute atomic E-state index is 0.454. The molecule has 0 saturated heterocycles. The van der Waals surface area contributed by atoms with Gasteiger partial charge in [-0.2, -0.15) is 5.10 Å². The molecule has 0 spiro atoms. The maximum Gasteiger partial charge on any atom is 0.271 e. The number of hydrogen-bond donors (Lipinski definition) is 3. The summed E-state index contributed by atoms with van der Waals surface area (Å²) < 4.78 is 0. The highest BCUT2D eigenvalue weighted by Gasteiger charge is 1.98. The Labute approximate surface area is 75.8 Å². The van der Waals surface area contributed by atoms with Crippen LogP contribution in [0.2, 0.25) is 0 Å². The molecular weight excluding hydrogens is 174 g/mol. The van der Waals surface area contributed by atoms with Crippen molar-refractivity contribution in [2.45, 2.75) is 20.3 Å². The maximum absolute atomic E-state index is 9.81. The van der Waals surface area contributed by atoms with Gasteiger partial charge < -0.3 is 0 Å². The zero-order chi connectivity index (χ0) is 10.3. The monoisotopic (exact) mass is 187 g/mol. The van der Waals surface area contributed by atoms with Crippen molar-refractivity contribution in [3.63, 3.8) is 0 Å². The molecule has 0 rings (SSSR count). The first-order valence-electron chi connectivity index (χ1n) is 3.79. The molecule has 74 valence electrons. The third-order valence-electron chi connectivity index (χ3n) is 1.05. The Morgan fingerprint density at radius 3 is 2.85 bits per heavy atom. The summed E-state index contributed by atoms with van der Waals surface area (Å²) in [5, 5.41) is 19.5. The Kier molecular flexibility index (Phi) is 5.17. The van der Waals surface area contributed by atoms with Crippen LogP contribution in [0.1, 0.15) is 20.3 Å². The van der Waals surface area contributed by atoms with Crippen LogP contribution in [0.5, 0.6) is 0 Å². The first-order chi connectivity index (χ1) is 6.02. The van der Waals surface area contributed by atoms with Crippen LogP contribution < -0.4 is 10.9 Å². The largest absolute Gasteiger partial charge is 0.271 e. The summed E-state index contributed by atoms with van der Waals surface area (Å²) in [6.45, 7) is 4.04. The molecule has 0 bridgehead atoms. The van der Waals surface area contributed by atoms with Crippen LogP contribution in [0.25, 0.3) is 0 Å². The van der Waals surface area contributed by atoms with Crippen molar-refractivity contribution < 1.29 is 5.03 Å². The third kappa shape index (κ3) is 8.24. The second kappa shape index (κ2) is 5.92. The predicted molar refractivity (Wildman–Crippen MR) is 48.9 cm³/mol. The Balaban J connectivity index is 3.57. The molecule has 0 fully saturated rings. The molecule has 0 radical (unpaired) electrons. The number of hydrogen-bond acceptors (Lipinski definition) is 4. The van der Waals surface area contributed by atoms with E-state index in [-0.39, 0.29) is 0 Å². The molecule has 0 unspecified atom stereocenters. The summed E-state index contributed by atoms with van der Waals surface area (Å²) in [6.07, 6.45) is 2.33. The lowest BCUT2D eigenvalue weighted by Crippen LogP contribution is -2.37. The van der Waals surface area contributed by atoms with Crippen LogP contribution in [0, 0.1) is 21.4 Å². The molecule has 0 amide bonds. The summed E-state index contributed by atoms with van der Waals surface area (Å²) in [7, 11) is 0. The van der Waals surface area contributed by atoms with Crippen molar-refractivity contribution in [3.8, 4) is 0 Å². The van der Waals surface area contributed by atoms with Crippen LogP contribution in [-0.4, -0.2) is 17.2 Å². The van der Waals surface area contributed by atoms with E-state index in [0.29, 0.717) is 5.92 Å². The molecule has 0 atom stereocenters. The van der Waals surface area contributed by atoms with Crippen LogP contribution in [0.15, 0.2) is 5.10 Å². The molecule has 0 aliphatic carbocycles. The van der Waals surface area contributed by atoms with Gasteiger partial charge in [0, 0.05) is 6.21 Å². The summed E-state index contributed by atoms with van der Waals surface area (Å²) in [4.78, 5) is 9.81. The summed E-state index contributed by atoms with van der Waals surface area (Å²) in [5.74, 6) is 0.0215. The first kappa shape index (κ1) is 11.3. The van der Waals surface area contributed by atoms with Gasteiger partial charge >= 0.3 is 0 Å². The lowest BCUT2D eigenvalue weighted by Gasteiger charge is -1.98. The van der Waals surface area contributed by atoms with E-state index in [2.05, 4.69) is 10.5 Å². The zero-order valence-corrected chi connectivity index (χ0v) is 7.57. The average molecular weight is 187 g/mol. The minimum atomic E-state index is -0.826. The van der Waals surface area contributed by atoms with E-state index in [9.17, 15) is 10.1 Å². The molecule has 0 saturated carbocycles. The summed E-state index contributed by atoms with van der Waals surface area (Å²) >= 11 is 0. The van der Waals surface area contributed by atoms with Crippen molar-refractivity contribution in [3.05, 3.63) is 10.1 Å². The fraction of sp³-hybridized carbons (Fsp3) is 0.667. The number of nitrogens with zero attached hydrogens (tertiary/aromatic N) is 2.